The predicted octanol–water partition coefficient (Wildman–Crippen LogP) is 1.36. The fraction of sp³-hybridized carbons (Fsp3) is 0.222. The highest BCUT2D eigenvalue weighted by Crippen LogP contribution is 2.15. The van der Waals surface area contributed by atoms with Crippen LogP contribution in [0.25, 0.3) is 10.8 Å². The van der Waals surface area contributed by atoms with Gasteiger partial charge in [-0.2, -0.15) is 9.67 Å². The van der Waals surface area contributed by atoms with Crippen LogP contribution in [0.4, 0.5) is 0 Å². The molecular weight excluding hydrogens is 306 g/mol. The van der Waals surface area contributed by atoms with Crippen LogP contribution in [-0.4, -0.2) is 22.8 Å². The maximum Gasteiger partial charge on any atom is 0.372 e. The van der Waals surface area contributed by atoms with Gasteiger partial charge in [0, 0.05) is 23.9 Å². The van der Waals surface area contributed by atoms with Crippen LogP contribution in [0.2, 0.25) is 0 Å². The third-order valence-corrected chi connectivity index (χ3v) is 3.72. The number of pyridine rings is 1. The Hall–Kier alpha value is -3.02. The Morgan fingerprint density at radius 1 is 1.17 bits per heavy atom. The van der Waals surface area contributed by atoms with E-state index in [-0.39, 0.29) is 18.1 Å². The quantitative estimate of drug-likeness (QED) is 0.568. The maximum atomic E-state index is 11.8. The molecule has 0 saturated heterocycles. The number of hydrogen-bond acceptors (Lipinski definition) is 4. The number of nitrogens with one attached hydrogen (secondary N) is 1. The second kappa shape index (κ2) is 7.04. The summed E-state index contributed by atoms with van der Waals surface area (Å²) < 4.78 is 6.69. The lowest BCUT2D eigenvalue weighted by molar-refractivity contribution is -0.686. The van der Waals surface area contributed by atoms with Crippen molar-refractivity contribution < 1.29 is 14.1 Å². The van der Waals surface area contributed by atoms with Crippen molar-refractivity contribution in [2.24, 2.45) is 0 Å². The Kier molecular flexibility index (Phi) is 4.65. The van der Waals surface area contributed by atoms with Crippen LogP contribution in [0.15, 0.2) is 53.6 Å². The van der Waals surface area contributed by atoms with E-state index in [1.165, 1.54) is 0 Å². The van der Waals surface area contributed by atoms with Crippen LogP contribution in [0.1, 0.15) is 18.2 Å². The van der Waals surface area contributed by atoms with E-state index in [9.17, 15) is 9.59 Å². The Bertz CT molecular complexity index is 917. The summed E-state index contributed by atoms with van der Waals surface area (Å²) in [4.78, 5) is 23.3. The third-order valence-electron chi connectivity index (χ3n) is 3.72. The number of carbonyl (C=O) groups is 1. The van der Waals surface area contributed by atoms with Gasteiger partial charge in [0.05, 0.1) is 17.7 Å². The Morgan fingerprint density at radius 2 is 1.88 bits per heavy atom. The van der Waals surface area contributed by atoms with E-state index >= 15 is 0 Å². The molecule has 0 aliphatic rings. The second-order valence-corrected chi connectivity index (χ2v) is 5.41. The van der Waals surface area contributed by atoms with Gasteiger partial charge in [-0.1, -0.05) is 18.2 Å². The highest BCUT2D eigenvalue weighted by atomic mass is 16.5. The lowest BCUT2D eigenvalue weighted by Crippen LogP contribution is -2.37. The average Bonchev–Trinajstić information content (AvgIpc) is 2.59. The van der Waals surface area contributed by atoms with E-state index < -0.39 is 0 Å². The number of carbonyl (C=O) groups excluding carboxylic acids is 1. The van der Waals surface area contributed by atoms with E-state index in [4.69, 9.17) is 4.74 Å². The van der Waals surface area contributed by atoms with E-state index in [1.807, 2.05) is 42.7 Å². The van der Waals surface area contributed by atoms with Crippen LogP contribution < -0.4 is 10.1 Å². The Morgan fingerprint density at radius 3 is 2.58 bits per heavy atom. The normalized spacial score (nSPS) is 10.7. The number of hydrogen-bond donors (Lipinski definition) is 1. The number of aromatic amines is 1. The van der Waals surface area contributed by atoms with Gasteiger partial charge < -0.3 is 4.74 Å². The Labute approximate surface area is 138 Å². The number of H-pyrrole nitrogens is 1. The van der Waals surface area contributed by atoms with Crippen LogP contribution >= 0.6 is 0 Å². The third kappa shape index (κ3) is 3.48. The first-order valence-corrected chi connectivity index (χ1v) is 7.77. The van der Waals surface area contributed by atoms with E-state index in [2.05, 4.69) is 10.2 Å². The lowest BCUT2D eigenvalue weighted by Gasteiger charge is -2.05. The SMILES string of the molecule is CCOC(=O)C[n+]1ccc(Cc2n[nH]c(=O)c3ccccc23)cc1. The molecule has 6 heteroatoms. The molecule has 0 spiro atoms. The van der Waals surface area contributed by atoms with Crippen molar-refractivity contribution in [3.63, 3.8) is 0 Å². The smallest absolute Gasteiger partial charge is 0.372 e. The molecule has 3 rings (SSSR count). The fourth-order valence-electron chi connectivity index (χ4n) is 2.57. The van der Waals surface area contributed by atoms with Gasteiger partial charge in [0.1, 0.15) is 0 Å². The molecule has 0 aliphatic carbocycles. The first-order valence-electron chi connectivity index (χ1n) is 7.77. The molecule has 0 bridgehead atoms. The van der Waals surface area contributed by atoms with Gasteiger partial charge >= 0.3 is 5.97 Å². The van der Waals surface area contributed by atoms with Crippen molar-refractivity contribution in [2.75, 3.05) is 6.61 Å². The molecule has 0 aliphatic heterocycles. The van der Waals surface area contributed by atoms with Gasteiger partial charge in [0.2, 0.25) is 6.54 Å². The largest absolute Gasteiger partial charge is 0.461 e. The van der Waals surface area contributed by atoms with Crippen molar-refractivity contribution in [1.29, 1.82) is 0 Å². The van der Waals surface area contributed by atoms with E-state index in [1.54, 1.807) is 17.6 Å². The monoisotopic (exact) mass is 324 g/mol. The summed E-state index contributed by atoms with van der Waals surface area (Å²) in [5, 5.41) is 8.21. The molecule has 0 atom stereocenters. The number of rotatable bonds is 5. The summed E-state index contributed by atoms with van der Waals surface area (Å²) in [6.07, 6.45) is 4.26. The molecule has 122 valence electrons. The topological polar surface area (TPSA) is 75.9 Å². The summed E-state index contributed by atoms with van der Waals surface area (Å²) >= 11 is 0. The zero-order valence-corrected chi connectivity index (χ0v) is 13.4. The van der Waals surface area contributed by atoms with Gasteiger partial charge in [0.25, 0.3) is 5.56 Å². The number of aromatic nitrogens is 3. The van der Waals surface area contributed by atoms with Crippen molar-refractivity contribution in [3.05, 3.63) is 70.4 Å². The number of esters is 1. The summed E-state index contributed by atoms with van der Waals surface area (Å²) in [6.45, 7) is 2.35. The molecule has 2 aromatic heterocycles. The molecular formula is C18H18N3O3+. The predicted molar refractivity (Wildman–Crippen MR) is 88.4 cm³/mol. The van der Waals surface area contributed by atoms with Gasteiger partial charge in [-0.25, -0.2) is 9.89 Å². The Balaban J connectivity index is 1.81. The van der Waals surface area contributed by atoms with Crippen LogP contribution in [0, 0.1) is 0 Å². The number of nitrogens with zero attached hydrogens (tertiary/aromatic N) is 2. The standard InChI is InChI=1S/C18H17N3O3/c1-2-24-17(22)12-21-9-7-13(8-10-21)11-16-14-5-3-4-6-15(14)18(23)20-19-16/h3-10H,2,11-12H2,1H3/p+1. The minimum Gasteiger partial charge on any atom is -0.461 e. The fourth-order valence-corrected chi connectivity index (χ4v) is 2.57. The molecule has 0 fully saturated rings. The lowest BCUT2D eigenvalue weighted by atomic mass is 10.1. The van der Waals surface area contributed by atoms with Gasteiger partial charge in [-0.15, -0.1) is 0 Å². The van der Waals surface area contributed by atoms with Gasteiger partial charge in [-0.3, -0.25) is 4.79 Å². The zero-order chi connectivity index (χ0) is 16.9. The van der Waals surface area contributed by atoms with Gasteiger partial charge in [-0.05, 0) is 18.6 Å². The summed E-state index contributed by atoms with van der Waals surface area (Å²) in [5.41, 5.74) is 1.67. The first-order chi connectivity index (χ1) is 11.7. The van der Waals surface area contributed by atoms with E-state index in [0.29, 0.717) is 18.4 Å². The molecule has 1 N–H and O–H groups in total. The molecule has 0 unspecified atom stereocenters. The number of ether oxygens (including phenoxy) is 1. The minimum atomic E-state index is -0.261. The van der Waals surface area contributed by atoms with Crippen molar-refractivity contribution in [3.8, 4) is 0 Å². The molecule has 24 heavy (non-hydrogen) atoms. The summed E-state index contributed by atoms with van der Waals surface area (Å²) in [7, 11) is 0. The summed E-state index contributed by atoms with van der Waals surface area (Å²) in [5.74, 6) is -0.261. The molecule has 1 aromatic carbocycles. The molecule has 0 radical (unpaired) electrons. The molecule has 3 aromatic rings. The van der Waals surface area contributed by atoms with Crippen LogP contribution in [-0.2, 0) is 22.5 Å². The maximum absolute atomic E-state index is 11.8. The molecule has 0 saturated carbocycles. The highest BCUT2D eigenvalue weighted by Gasteiger charge is 2.11. The minimum absolute atomic E-state index is 0.185. The van der Waals surface area contributed by atoms with E-state index in [0.717, 1.165) is 16.6 Å². The molecule has 6 nitrogen and oxygen atoms in total. The highest BCUT2D eigenvalue weighted by molar-refractivity contribution is 5.83. The second-order valence-electron chi connectivity index (χ2n) is 5.41. The van der Waals surface area contributed by atoms with Gasteiger partial charge in [0.15, 0.2) is 12.4 Å². The average molecular weight is 324 g/mol. The van der Waals surface area contributed by atoms with Crippen molar-refractivity contribution in [2.45, 2.75) is 19.9 Å². The first kappa shape index (κ1) is 15.9. The van der Waals surface area contributed by atoms with Crippen molar-refractivity contribution >= 4 is 16.7 Å². The van der Waals surface area contributed by atoms with Crippen LogP contribution in [0.5, 0.6) is 0 Å². The van der Waals surface area contributed by atoms with Crippen LogP contribution in [0.3, 0.4) is 0 Å². The molecule has 0 amide bonds. The molecule has 2 heterocycles. The number of fused-ring (bicyclic) bond motifs is 1. The zero-order valence-electron chi connectivity index (χ0n) is 13.4. The summed E-state index contributed by atoms with van der Waals surface area (Å²) in [6, 6.07) is 11.3. The van der Waals surface area contributed by atoms with Crippen molar-refractivity contribution in [1.82, 2.24) is 10.2 Å². The number of benzene rings is 1.